The minimum atomic E-state index is 0.263. The molecule has 0 N–H and O–H groups in total. The predicted octanol–water partition coefficient (Wildman–Crippen LogP) is 4.30. The summed E-state index contributed by atoms with van der Waals surface area (Å²) in [5.41, 5.74) is 1.71. The van der Waals surface area contributed by atoms with Crippen LogP contribution in [0, 0.1) is 0 Å². The Labute approximate surface area is 107 Å². The first-order chi connectivity index (χ1) is 7.95. The molecule has 0 aromatic heterocycles. The minimum absolute atomic E-state index is 0.263. The Morgan fingerprint density at radius 1 is 1.12 bits per heavy atom. The standard InChI is InChI=1S/C16H27N/c1-6-12-17(16(3,4)5)13-14(2)15-10-8-7-9-11-15/h7-11,14H,6,12-13H2,1-5H3. The van der Waals surface area contributed by atoms with E-state index >= 15 is 0 Å². The maximum atomic E-state index is 2.59. The lowest BCUT2D eigenvalue weighted by Gasteiger charge is -2.37. The van der Waals surface area contributed by atoms with Crippen molar-refractivity contribution >= 4 is 0 Å². The van der Waals surface area contributed by atoms with Crippen LogP contribution in [0.5, 0.6) is 0 Å². The zero-order valence-corrected chi connectivity index (χ0v) is 12.0. The second-order valence-corrected chi connectivity index (χ2v) is 5.93. The van der Waals surface area contributed by atoms with Gasteiger partial charge in [-0.05, 0) is 45.2 Å². The molecule has 17 heavy (non-hydrogen) atoms. The van der Waals surface area contributed by atoms with Crippen molar-refractivity contribution in [3.05, 3.63) is 35.9 Å². The van der Waals surface area contributed by atoms with Crippen molar-refractivity contribution in [2.45, 2.75) is 52.5 Å². The maximum absolute atomic E-state index is 2.59. The highest BCUT2D eigenvalue weighted by Gasteiger charge is 2.22. The van der Waals surface area contributed by atoms with Gasteiger partial charge in [-0.2, -0.15) is 0 Å². The van der Waals surface area contributed by atoms with Crippen molar-refractivity contribution in [1.29, 1.82) is 0 Å². The van der Waals surface area contributed by atoms with Gasteiger partial charge in [-0.1, -0.05) is 44.2 Å². The van der Waals surface area contributed by atoms with E-state index in [1.54, 1.807) is 0 Å². The lowest BCUT2D eigenvalue weighted by molar-refractivity contribution is 0.129. The molecule has 1 nitrogen and oxygen atoms in total. The monoisotopic (exact) mass is 233 g/mol. The van der Waals surface area contributed by atoms with Gasteiger partial charge in [0.1, 0.15) is 0 Å². The second-order valence-electron chi connectivity index (χ2n) is 5.93. The van der Waals surface area contributed by atoms with Crippen LogP contribution in [0.4, 0.5) is 0 Å². The van der Waals surface area contributed by atoms with Crippen LogP contribution in [0.2, 0.25) is 0 Å². The van der Waals surface area contributed by atoms with Gasteiger partial charge in [0.2, 0.25) is 0 Å². The predicted molar refractivity (Wildman–Crippen MR) is 76.5 cm³/mol. The highest BCUT2D eigenvalue weighted by molar-refractivity contribution is 5.19. The lowest BCUT2D eigenvalue weighted by Crippen LogP contribution is -2.43. The summed E-state index contributed by atoms with van der Waals surface area (Å²) in [6, 6.07) is 10.8. The molecule has 0 fully saturated rings. The summed E-state index contributed by atoms with van der Waals surface area (Å²) in [7, 11) is 0. The van der Waals surface area contributed by atoms with Crippen LogP contribution >= 0.6 is 0 Å². The van der Waals surface area contributed by atoms with Gasteiger partial charge >= 0.3 is 0 Å². The smallest absolute Gasteiger partial charge is 0.0125 e. The van der Waals surface area contributed by atoms with Gasteiger partial charge in [0, 0.05) is 12.1 Å². The van der Waals surface area contributed by atoms with E-state index in [0.29, 0.717) is 5.92 Å². The quantitative estimate of drug-likeness (QED) is 0.733. The molecule has 0 aliphatic rings. The third-order valence-electron chi connectivity index (χ3n) is 3.31. The molecule has 0 aliphatic heterocycles. The Balaban J connectivity index is 2.68. The Morgan fingerprint density at radius 3 is 2.18 bits per heavy atom. The van der Waals surface area contributed by atoms with Crippen LogP contribution in [0.15, 0.2) is 30.3 Å². The number of rotatable bonds is 5. The average molecular weight is 233 g/mol. The van der Waals surface area contributed by atoms with Gasteiger partial charge in [-0.3, -0.25) is 4.90 Å². The van der Waals surface area contributed by atoms with Crippen molar-refractivity contribution in [2.75, 3.05) is 13.1 Å². The van der Waals surface area contributed by atoms with E-state index in [9.17, 15) is 0 Å². The van der Waals surface area contributed by atoms with Crippen LogP contribution in [0.3, 0.4) is 0 Å². The van der Waals surface area contributed by atoms with E-state index in [2.05, 4.69) is 69.9 Å². The topological polar surface area (TPSA) is 3.24 Å². The molecule has 1 aromatic carbocycles. The van der Waals surface area contributed by atoms with Crippen molar-refractivity contribution < 1.29 is 0 Å². The van der Waals surface area contributed by atoms with Crippen molar-refractivity contribution in [1.82, 2.24) is 4.90 Å². The normalized spacial score (nSPS) is 14.0. The van der Waals surface area contributed by atoms with E-state index in [1.807, 2.05) is 0 Å². The van der Waals surface area contributed by atoms with Crippen LogP contribution in [0.25, 0.3) is 0 Å². The zero-order valence-electron chi connectivity index (χ0n) is 12.0. The summed E-state index contributed by atoms with van der Waals surface area (Å²) in [6.07, 6.45) is 1.22. The minimum Gasteiger partial charge on any atom is -0.298 e. The van der Waals surface area contributed by atoms with Crippen molar-refractivity contribution in [2.24, 2.45) is 0 Å². The van der Waals surface area contributed by atoms with Gasteiger partial charge in [-0.25, -0.2) is 0 Å². The SMILES string of the molecule is CCCN(CC(C)c1ccccc1)C(C)(C)C. The fourth-order valence-corrected chi connectivity index (χ4v) is 2.19. The Kier molecular flexibility index (Phi) is 5.20. The summed E-state index contributed by atoms with van der Waals surface area (Å²) < 4.78 is 0. The molecule has 0 spiro atoms. The molecule has 0 amide bonds. The van der Waals surface area contributed by atoms with Crippen LogP contribution in [-0.4, -0.2) is 23.5 Å². The van der Waals surface area contributed by atoms with Crippen molar-refractivity contribution in [3.63, 3.8) is 0 Å². The van der Waals surface area contributed by atoms with Gasteiger partial charge in [0.15, 0.2) is 0 Å². The molecule has 1 aromatic rings. The largest absolute Gasteiger partial charge is 0.298 e. The van der Waals surface area contributed by atoms with Gasteiger partial charge in [-0.15, -0.1) is 0 Å². The highest BCUT2D eigenvalue weighted by Crippen LogP contribution is 2.21. The number of nitrogens with zero attached hydrogens (tertiary/aromatic N) is 1. The molecule has 0 radical (unpaired) electrons. The van der Waals surface area contributed by atoms with Crippen molar-refractivity contribution in [3.8, 4) is 0 Å². The lowest BCUT2D eigenvalue weighted by atomic mass is 9.97. The molecular formula is C16H27N. The first-order valence-corrected chi connectivity index (χ1v) is 6.75. The maximum Gasteiger partial charge on any atom is 0.0125 e. The molecule has 1 atom stereocenters. The molecule has 1 heteroatoms. The summed E-state index contributed by atoms with van der Waals surface area (Å²) >= 11 is 0. The van der Waals surface area contributed by atoms with Crippen LogP contribution in [-0.2, 0) is 0 Å². The fraction of sp³-hybridized carbons (Fsp3) is 0.625. The second kappa shape index (κ2) is 6.20. The molecule has 0 aliphatic carbocycles. The number of hydrogen-bond acceptors (Lipinski definition) is 1. The molecule has 0 saturated heterocycles. The first-order valence-electron chi connectivity index (χ1n) is 6.75. The van der Waals surface area contributed by atoms with E-state index in [-0.39, 0.29) is 5.54 Å². The summed E-state index contributed by atoms with van der Waals surface area (Å²) in [6.45, 7) is 13.8. The average Bonchev–Trinajstić information content (AvgIpc) is 2.28. The fourth-order valence-electron chi connectivity index (χ4n) is 2.19. The summed E-state index contributed by atoms with van der Waals surface area (Å²) in [4.78, 5) is 2.59. The van der Waals surface area contributed by atoms with E-state index in [4.69, 9.17) is 0 Å². The van der Waals surface area contributed by atoms with E-state index in [0.717, 1.165) is 6.54 Å². The number of benzene rings is 1. The molecule has 0 bridgehead atoms. The molecule has 1 unspecified atom stereocenters. The van der Waals surface area contributed by atoms with Gasteiger partial charge < -0.3 is 0 Å². The highest BCUT2D eigenvalue weighted by atomic mass is 15.2. The Bertz CT molecular complexity index is 310. The zero-order chi connectivity index (χ0) is 12.9. The Hall–Kier alpha value is -0.820. The van der Waals surface area contributed by atoms with Crippen LogP contribution < -0.4 is 0 Å². The summed E-state index contributed by atoms with van der Waals surface area (Å²) in [5, 5.41) is 0. The van der Waals surface area contributed by atoms with Crippen LogP contribution in [0.1, 0.15) is 52.5 Å². The van der Waals surface area contributed by atoms with E-state index < -0.39 is 0 Å². The third kappa shape index (κ3) is 4.51. The Morgan fingerprint density at radius 2 is 1.71 bits per heavy atom. The van der Waals surface area contributed by atoms with E-state index in [1.165, 1.54) is 18.5 Å². The summed E-state index contributed by atoms with van der Waals surface area (Å²) in [5.74, 6) is 0.599. The molecular weight excluding hydrogens is 206 g/mol. The number of hydrogen-bond donors (Lipinski definition) is 0. The van der Waals surface area contributed by atoms with Gasteiger partial charge in [0.25, 0.3) is 0 Å². The first kappa shape index (κ1) is 14.2. The van der Waals surface area contributed by atoms with Gasteiger partial charge in [0.05, 0.1) is 0 Å². The molecule has 0 heterocycles. The molecule has 1 rings (SSSR count). The molecule has 0 saturated carbocycles. The third-order valence-corrected chi connectivity index (χ3v) is 3.31. The molecule has 96 valence electrons.